The Kier molecular flexibility index (Phi) is 7.54. The lowest BCUT2D eigenvalue weighted by atomic mass is 10.0. The molecule has 5 heteroatoms. The highest BCUT2D eigenvalue weighted by atomic mass is 16.5. The molecule has 138 valence electrons. The molecule has 0 spiro atoms. The highest BCUT2D eigenvalue weighted by molar-refractivity contribution is 5.45. The van der Waals surface area contributed by atoms with Crippen molar-refractivity contribution in [2.45, 2.75) is 45.7 Å². The normalized spacial score (nSPS) is 20.0. The van der Waals surface area contributed by atoms with Gasteiger partial charge >= 0.3 is 0 Å². The minimum Gasteiger partial charge on any atom is -0.493 e. The Balaban J connectivity index is 2.21. The van der Waals surface area contributed by atoms with Crippen molar-refractivity contribution in [3.8, 4) is 17.6 Å². The van der Waals surface area contributed by atoms with Crippen LogP contribution in [-0.4, -0.2) is 55.7 Å². The predicted molar refractivity (Wildman–Crippen MR) is 100 cm³/mol. The first-order valence-electron chi connectivity index (χ1n) is 9.36. The van der Waals surface area contributed by atoms with E-state index in [-0.39, 0.29) is 6.04 Å². The number of methoxy groups -OCH3 is 1. The topological polar surface area (TPSA) is 48.7 Å². The predicted octanol–water partition coefficient (Wildman–Crippen LogP) is 3.46. The summed E-state index contributed by atoms with van der Waals surface area (Å²) >= 11 is 0. The summed E-state index contributed by atoms with van der Waals surface area (Å²) < 4.78 is 11.2. The molecule has 1 aliphatic rings. The molecule has 2 rings (SSSR count). The second-order valence-corrected chi connectivity index (χ2v) is 6.48. The van der Waals surface area contributed by atoms with Crippen molar-refractivity contribution >= 4 is 0 Å². The molecule has 2 unspecified atom stereocenters. The quantitative estimate of drug-likeness (QED) is 0.722. The van der Waals surface area contributed by atoms with Gasteiger partial charge in [0.1, 0.15) is 6.04 Å². The molecule has 1 fully saturated rings. The van der Waals surface area contributed by atoms with E-state index in [2.05, 4.69) is 36.6 Å². The minimum atomic E-state index is -0.247. The van der Waals surface area contributed by atoms with Crippen LogP contribution in [0.1, 0.15) is 45.2 Å². The Hall–Kier alpha value is -1.77. The third-order valence-electron chi connectivity index (χ3n) is 4.97. The summed E-state index contributed by atoms with van der Waals surface area (Å²) in [7, 11) is 1.64. The fourth-order valence-electron chi connectivity index (χ4n) is 3.51. The Bertz CT molecular complexity index is 585. The van der Waals surface area contributed by atoms with E-state index < -0.39 is 0 Å². The van der Waals surface area contributed by atoms with Gasteiger partial charge in [0.25, 0.3) is 0 Å². The molecule has 0 N–H and O–H groups in total. The van der Waals surface area contributed by atoms with Gasteiger partial charge in [-0.25, -0.2) is 0 Å². The fourth-order valence-corrected chi connectivity index (χ4v) is 3.51. The molecule has 0 aliphatic carbocycles. The van der Waals surface area contributed by atoms with E-state index in [1.54, 1.807) is 7.11 Å². The fraction of sp³-hybridized carbons (Fsp3) is 0.650. The van der Waals surface area contributed by atoms with Gasteiger partial charge in [-0.1, -0.05) is 26.8 Å². The van der Waals surface area contributed by atoms with Gasteiger partial charge in [-0.15, -0.1) is 0 Å². The molecule has 0 aromatic heterocycles. The van der Waals surface area contributed by atoms with Gasteiger partial charge in [-0.2, -0.15) is 5.26 Å². The first-order valence-corrected chi connectivity index (χ1v) is 9.36. The zero-order valence-corrected chi connectivity index (χ0v) is 16.0. The highest BCUT2D eigenvalue weighted by Crippen LogP contribution is 2.33. The number of benzene rings is 1. The first kappa shape index (κ1) is 19.6. The van der Waals surface area contributed by atoms with Gasteiger partial charge in [0.05, 0.1) is 19.8 Å². The second kappa shape index (κ2) is 9.65. The summed E-state index contributed by atoms with van der Waals surface area (Å²) in [5, 5.41) is 9.83. The Morgan fingerprint density at radius 3 is 2.64 bits per heavy atom. The van der Waals surface area contributed by atoms with Crippen LogP contribution < -0.4 is 9.47 Å². The number of hydrogen-bond donors (Lipinski definition) is 0. The molecular formula is C20H31N3O2. The summed E-state index contributed by atoms with van der Waals surface area (Å²) in [6, 6.07) is 8.63. The molecule has 0 saturated carbocycles. The zero-order chi connectivity index (χ0) is 18.2. The maximum absolute atomic E-state index is 9.83. The van der Waals surface area contributed by atoms with Crippen molar-refractivity contribution in [3.05, 3.63) is 23.8 Å². The summed E-state index contributed by atoms with van der Waals surface area (Å²) in [5.74, 6) is 1.44. The number of nitrogens with zero attached hydrogens (tertiary/aromatic N) is 3. The minimum absolute atomic E-state index is 0.247. The van der Waals surface area contributed by atoms with Crippen LogP contribution in [0.25, 0.3) is 0 Å². The molecule has 0 bridgehead atoms. The average molecular weight is 345 g/mol. The van der Waals surface area contributed by atoms with Gasteiger partial charge in [-0.3, -0.25) is 9.80 Å². The van der Waals surface area contributed by atoms with Gasteiger partial charge in [-0.05, 0) is 37.1 Å². The molecular weight excluding hydrogens is 314 g/mol. The molecule has 1 saturated heterocycles. The third-order valence-corrected chi connectivity index (χ3v) is 4.97. The lowest BCUT2D eigenvalue weighted by molar-refractivity contribution is 0.0622. The van der Waals surface area contributed by atoms with Crippen molar-refractivity contribution in [2.75, 3.05) is 39.9 Å². The summed E-state index contributed by atoms with van der Waals surface area (Å²) in [6.07, 6.45) is 2.04. The molecule has 1 aliphatic heterocycles. The van der Waals surface area contributed by atoms with Crippen LogP contribution in [0, 0.1) is 11.3 Å². The summed E-state index contributed by atoms with van der Waals surface area (Å²) in [6.45, 7) is 11.1. The maximum atomic E-state index is 9.83. The summed E-state index contributed by atoms with van der Waals surface area (Å²) in [4.78, 5) is 4.81. The average Bonchev–Trinajstić information content (AvgIpc) is 2.66. The van der Waals surface area contributed by atoms with Crippen molar-refractivity contribution in [3.63, 3.8) is 0 Å². The van der Waals surface area contributed by atoms with Crippen LogP contribution in [0.5, 0.6) is 11.5 Å². The number of likely N-dealkylation sites (N-methyl/N-ethyl adjacent to an activating group) is 1. The Morgan fingerprint density at radius 1 is 1.24 bits per heavy atom. The smallest absolute Gasteiger partial charge is 0.161 e. The van der Waals surface area contributed by atoms with Crippen LogP contribution in [0.15, 0.2) is 18.2 Å². The van der Waals surface area contributed by atoms with Crippen LogP contribution in [-0.2, 0) is 0 Å². The lowest BCUT2D eigenvalue weighted by Crippen LogP contribution is -2.53. The number of piperazine rings is 1. The van der Waals surface area contributed by atoms with Crippen LogP contribution >= 0.6 is 0 Å². The van der Waals surface area contributed by atoms with Crippen molar-refractivity contribution in [2.24, 2.45) is 0 Å². The molecule has 1 heterocycles. The molecule has 5 nitrogen and oxygen atoms in total. The Labute approximate surface area is 152 Å². The largest absolute Gasteiger partial charge is 0.493 e. The van der Waals surface area contributed by atoms with Crippen molar-refractivity contribution in [1.82, 2.24) is 9.80 Å². The molecule has 1 aromatic rings. The van der Waals surface area contributed by atoms with Gasteiger partial charge in [0, 0.05) is 25.7 Å². The monoisotopic (exact) mass is 345 g/mol. The number of ether oxygens (including phenoxy) is 2. The van der Waals surface area contributed by atoms with E-state index in [1.165, 1.54) is 0 Å². The number of hydrogen-bond acceptors (Lipinski definition) is 5. The summed E-state index contributed by atoms with van der Waals surface area (Å²) in [5.41, 5.74) is 0.981. The third kappa shape index (κ3) is 4.65. The molecule has 0 amide bonds. The van der Waals surface area contributed by atoms with Crippen LogP contribution in [0.4, 0.5) is 0 Å². The highest BCUT2D eigenvalue weighted by Gasteiger charge is 2.30. The SMILES string of the molecule is CCCOc1cc(C(C#N)N2CCN(CC)C(CC)C2)ccc1OC. The van der Waals surface area contributed by atoms with Gasteiger partial charge in [0.2, 0.25) is 0 Å². The first-order chi connectivity index (χ1) is 12.2. The number of rotatable bonds is 8. The van der Waals surface area contributed by atoms with E-state index >= 15 is 0 Å². The van der Waals surface area contributed by atoms with E-state index in [1.807, 2.05) is 18.2 Å². The molecule has 1 aromatic carbocycles. The molecule has 2 atom stereocenters. The molecule has 0 radical (unpaired) electrons. The Morgan fingerprint density at radius 2 is 2.04 bits per heavy atom. The van der Waals surface area contributed by atoms with Gasteiger partial charge < -0.3 is 9.47 Å². The zero-order valence-electron chi connectivity index (χ0n) is 16.0. The van der Waals surface area contributed by atoms with Crippen molar-refractivity contribution < 1.29 is 9.47 Å². The van der Waals surface area contributed by atoms with E-state index in [9.17, 15) is 5.26 Å². The van der Waals surface area contributed by atoms with E-state index in [4.69, 9.17) is 9.47 Å². The van der Waals surface area contributed by atoms with Crippen LogP contribution in [0.2, 0.25) is 0 Å². The maximum Gasteiger partial charge on any atom is 0.161 e. The molecule has 25 heavy (non-hydrogen) atoms. The number of nitriles is 1. The second-order valence-electron chi connectivity index (χ2n) is 6.48. The van der Waals surface area contributed by atoms with E-state index in [0.29, 0.717) is 12.6 Å². The standard InChI is InChI=1S/C20H31N3O2/c1-5-12-25-20-13-16(8-9-19(20)24-4)18(14-21)23-11-10-22(7-3)17(6-2)15-23/h8-9,13,17-18H,5-7,10-12,15H2,1-4H3. The van der Waals surface area contributed by atoms with Gasteiger partial charge in [0.15, 0.2) is 11.5 Å². The van der Waals surface area contributed by atoms with E-state index in [0.717, 1.165) is 56.1 Å². The van der Waals surface area contributed by atoms with Crippen molar-refractivity contribution in [1.29, 1.82) is 5.26 Å². The van der Waals surface area contributed by atoms with Crippen LogP contribution in [0.3, 0.4) is 0 Å². The lowest BCUT2D eigenvalue weighted by Gasteiger charge is -2.42.